The highest BCUT2D eigenvalue weighted by molar-refractivity contribution is 7.99. The van der Waals surface area contributed by atoms with Gasteiger partial charge in [0.2, 0.25) is 17.8 Å². The summed E-state index contributed by atoms with van der Waals surface area (Å²) in [6.45, 7) is 6.51. The van der Waals surface area contributed by atoms with E-state index in [4.69, 9.17) is 15.0 Å². The molecule has 2 aromatic heterocycles. The van der Waals surface area contributed by atoms with Crippen LogP contribution < -0.4 is 20.3 Å². The molecule has 3 fully saturated rings. The van der Waals surface area contributed by atoms with Gasteiger partial charge in [-0.3, -0.25) is 4.79 Å². The Kier molecular flexibility index (Phi) is 5.66. The molecular weight excluding hydrogens is 442 g/mol. The van der Waals surface area contributed by atoms with Crippen LogP contribution >= 0.6 is 23.5 Å². The Labute approximate surface area is 196 Å². The molecule has 10 heteroatoms. The number of thioether (sulfide) groups is 2. The van der Waals surface area contributed by atoms with Crippen LogP contribution in [-0.4, -0.2) is 81.8 Å². The summed E-state index contributed by atoms with van der Waals surface area (Å²) in [7, 11) is 0. The van der Waals surface area contributed by atoms with Crippen LogP contribution in [-0.2, 0) is 6.54 Å². The van der Waals surface area contributed by atoms with Crippen molar-refractivity contribution in [3.8, 4) is 0 Å². The van der Waals surface area contributed by atoms with Gasteiger partial charge in [-0.25, -0.2) is 0 Å². The summed E-state index contributed by atoms with van der Waals surface area (Å²) >= 11 is 4.00. The van der Waals surface area contributed by atoms with Gasteiger partial charge in [0.1, 0.15) is 0 Å². The van der Waals surface area contributed by atoms with Gasteiger partial charge in [0.05, 0.1) is 0 Å². The molecule has 0 spiro atoms. The average Bonchev–Trinajstić information content (AvgIpc) is 2.85. The number of piperidine rings is 1. The van der Waals surface area contributed by atoms with E-state index in [-0.39, 0.29) is 5.56 Å². The first-order valence-corrected chi connectivity index (χ1v) is 13.9. The van der Waals surface area contributed by atoms with Crippen molar-refractivity contribution in [1.29, 1.82) is 0 Å². The Hall–Kier alpha value is -1.94. The van der Waals surface area contributed by atoms with Gasteiger partial charge < -0.3 is 19.3 Å². The van der Waals surface area contributed by atoms with Crippen molar-refractivity contribution < 1.29 is 0 Å². The predicted octanol–water partition coefficient (Wildman–Crippen LogP) is 1.76. The monoisotopic (exact) mass is 471 g/mol. The molecule has 4 aliphatic heterocycles. The molecule has 0 aromatic carbocycles. The van der Waals surface area contributed by atoms with E-state index >= 15 is 0 Å². The van der Waals surface area contributed by atoms with E-state index < -0.39 is 0 Å². The van der Waals surface area contributed by atoms with Gasteiger partial charge in [0, 0.05) is 86.5 Å². The Morgan fingerprint density at radius 2 is 1.34 bits per heavy atom. The minimum atomic E-state index is 0.126. The zero-order chi connectivity index (χ0) is 21.5. The summed E-state index contributed by atoms with van der Waals surface area (Å²) in [5, 5.41) is 0. The van der Waals surface area contributed by atoms with Crippen LogP contribution in [0.1, 0.15) is 18.0 Å². The molecule has 3 saturated heterocycles. The highest BCUT2D eigenvalue weighted by Crippen LogP contribution is 2.36. The Balaban J connectivity index is 1.34. The molecule has 0 unspecified atom stereocenters. The van der Waals surface area contributed by atoms with Crippen LogP contribution in [0.2, 0.25) is 0 Å². The topological polar surface area (TPSA) is 70.4 Å². The number of aromatic nitrogens is 4. The fraction of sp³-hybridized carbons (Fsp3) is 0.636. The van der Waals surface area contributed by atoms with E-state index in [1.165, 1.54) is 0 Å². The number of hydrogen-bond acceptors (Lipinski definition) is 9. The van der Waals surface area contributed by atoms with E-state index in [0.717, 1.165) is 98.8 Å². The second-order valence-corrected chi connectivity index (χ2v) is 11.5. The van der Waals surface area contributed by atoms with Crippen molar-refractivity contribution in [2.45, 2.75) is 18.9 Å². The highest BCUT2D eigenvalue weighted by atomic mass is 32.2. The largest absolute Gasteiger partial charge is 0.340 e. The number of anilines is 3. The molecular formula is C22H29N7OS2. The van der Waals surface area contributed by atoms with E-state index in [0.29, 0.717) is 11.8 Å². The minimum absolute atomic E-state index is 0.126. The number of pyridine rings is 1. The second-order valence-electron chi connectivity index (χ2n) is 9.04. The number of hydrogen-bond donors (Lipinski definition) is 0. The zero-order valence-electron chi connectivity index (χ0n) is 18.2. The molecule has 0 saturated carbocycles. The number of nitrogens with zero attached hydrogens (tertiary/aromatic N) is 7. The maximum atomic E-state index is 12.4. The van der Waals surface area contributed by atoms with Crippen molar-refractivity contribution in [2.75, 3.05) is 77.0 Å². The van der Waals surface area contributed by atoms with Gasteiger partial charge in [0.15, 0.2) is 0 Å². The Bertz CT molecular complexity index is 999. The maximum Gasteiger partial charge on any atom is 0.250 e. The van der Waals surface area contributed by atoms with E-state index in [1.54, 1.807) is 6.07 Å². The van der Waals surface area contributed by atoms with Gasteiger partial charge in [-0.2, -0.15) is 38.5 Å². The molecule has 0 aliphatic carbocycles. The molecule has 0 radical (unpaired) electrons. The first-order valence-electron chi connectivity index (χ1n) is 11.6. The molecule has 6 heterocycles. The lowest BCUT2D eigenvalue weighted by Gasteiger charge is -2.43. The average molecular weight is 472 g/mol. The van der Waals surface area contributed by atoms with Gasteiger partial charge in [0.25, 0.3) is 5.56 Å². The van der Waals surface area contributed by atoms with Crippen LogP contribution in [0.3, 0.4) is 0 Å². The molecule has 2 atom stereocenters. The molecule has 0 N–H and O–H groups in total. The lowest BCUT2D eigenvalue weighted by molar-refractivity contribution is 0.279. The fourth-order valence-corrected chi connectivity index (χ4v) is 7.16. The molecule has 170 valence electrons. The van der Waals surface area contributed by atoms with Crippen LogP contribution in [0.5, 0.6) is 0 Å². The summed E-state index contributed by atoms with van der Waals surface area (Å²) in [6, 6.07) is 5.70. The zero-order valence-corrected chi connectivity index (χ0v) is 19.9. The van der Waals surface area contributed by atoms with E-state index in [1.807, 2.05) is 34.2 Å². The summed E-state index contributed by atoms with van der Waals surface area (Å²) < 4.78 is 1.98. The van der Waals surface area contributed by atoms with Crippen molar-refractivity contribution in [2.24, 2.45) is 5.92 Å². The lowest BCUT2D eigenvalue weighted by Crippen LogP contribution is -2.48. The van der Waals surface area contributed by atoms with E-state index in [2.05, 4.69) is 20.8 Å². The standard InChI is InChI=1S/C22H29N7OS2/c30-19-3-1-2-18-17-12-16(14-29(18)19)13-28(15-17)22-24-20(26-4-8-31-9-5-26)23-21(25-22)27-6-10-32-11-7-27/h1-3,16-17H,4-15H2/t16-,17-/m1/s1. The van der Waals surface area contributed by atoms with Crippen LogP contribution in [0.25, 0.3) is 0 Å². The molecule has 4 aliphatic rings. The lowest BCUT2D eigenvalue weighted by atomic mass is 9.83. The first kappa shape index (κ1) is 20.7. The summed E-state index contributed by atoms with van der Waals surface area (Å²) in [6.07, 6.45) is 1.14. The van der Waals surface area contributed by atoms with Crippen molar-refractivity contribution in [1.82, 2.24) is 19.5 Å². The first-order chi connectivity index (χ1) is 15.7. The van der Waals surface area contributed by atoms with Crippen LogP contribution in [0.15, 0.2) is 23.0 Å². The molecule has 6 rings (SSSR count). The molecule has 2 aromatic rings. The Morgan fingerprint density at radius 3 is 1.97 bits per heavy atom. The smallest absolute Gasteiger partial charge is 0.250 e. The van der Waals surface area contributed by atoms with Gasteiger partial charge in [-0.1, -0.05) is 6.07 Å². The van der Waals surface area contributed by atoms with Gasteiger partial charge in [-0.05, 0) is 18.4 Å². The quantitative estimate of drug-likeness (QED) is 0.666. The highest BCUT2D eigenvalue weighted by Gasteiger charge is 2.36. The minimum Gasteiger partial charge on any atom is -0.340 e. The van der Waals surface area contributed by atoms with Crippen molar-refractivity contribution >= 4 is 41.4 Å². The third-order valence-corrected chi connectivity index (χ3v) is 8.84. The SMILES string of the molecule is O=c1cccc2n1C[C@@H]1C[C@@H]2CN(c2nc(N3CCSCC3)nc(N3CCSCC3)n2)C1. The van der Waals surface area contributed by atoms with Gasteiger partial charge >= 0.3 is 0 Å². The van der Waals surface area contributed by atoms with E-state index in [9.17, 15) is 4.79 Å². The summed E-state index contributed by atoms with van der Waals surface area (Å²) in [4.78, 5) is 34.3. The number of rotatable bonds is 3. The Morgan fingerprint density at radius 1 is 0.750 bits per heavy atom. The molecule has 2 bridgehead atoms. The molecule has 0 amide bonds. The number of fused-ring (bicyclic) bond motifs is 4. The third-order valence-electron chi connectivity index (χ3n) is 6.95. The molecule has 8 nitrogen and oxygen atoms in total. The third kappa shape index (κ3) is 3.96. The van der Waals surface area contributed by atoms with Crippen LogP contribution in [0.4, 0.5) is 17.8 Å². The summed E-state index contributed by atoms with van der Waals surface area (Å²) in [5.74, 6) is 7.74. The second kappa shape index (κ2) is 8.78. The van der Waals surface area contributed by atoms with Crippen LogP contribution in [0, 0.1) is 5.92 Å². The maximum absolute atomic E-state index is 12.4. The summed E-state index contributed by atoms with van der Waals surface area (Å²) in [5.41, 5.74) is 1.29. The van der Waals surface area contributed by atoms with Gasteiger partial charge in [-0.15, -0.1) is 0 Å². The van der Waals surface area contributed by atoms with Crippen molar-refractivity contribution in [3.05, 3.63) is 34.2 Å². The molecule has 32 heavy (non-hydrogen) atoms. The normalized spacial score (nSPS) is 25.6. The fourth-order valence-electron chi connectivity index (χ4n) is 5.35. The van der Waals surface area contributed by atoms with Crippen molar-refractivity contribution in [3.63, 3.8) is 0 Å². The predicted molar refractivity (Wildman–Crippen MR) is 133 cm³/mol.